The fourth-order valence-electron chi connectivity index (χ4n) is 4.13. The lowest BCUT2D eigenvalue weighted by atomic mass is 9.88. The Balaban J connectivity index is 2.10. The Morgan fingerprint density at radius 1 is 1.24 bits per heavy atom. The second-order valence-corrected chi connectivity index (χ2v) is 8.02. The molecule has 2 atom stereocenters. The quantitative estimate of drug-likeness (QED) is 0.576. The number of phenolic OH excluding ortho intramolecular Hbond substituents is 2. The summed E-state index contributed by atoms with van der Waals surface area (Å²) in [7, 11) is 1.88. The molecule has 1 fully saturated rings. The van der Waals surface area contributed by atoms with E-state index in [-0.39, 0.29) is 51.8 Å². The van der Waals surface area contributed by atoms with Gasteiger partial charge in [-0.25, -0.2) is 0 Å². The molecule has 152 valence electrons. The third kappa shape index (κ3) is 3.26. The summed E-state index contributed by atoms with van der Waals surface area (Å²) in [6, 6.07) is 7.10. The van der Waals surface area contributed by atoms with E-state index in [1.165, 1.54) is 6.07 Å². The number of aromatic hydroxyl groups is 2. The minimum atomic E-state index is -0.423. The molecule has 4 rings (SSSR count). The Kier molecular flexibility index (Phi) is 5.21. The zero-order valence-corrected chi connectivity index (χ0v) is 17.0. The molecule has 1 saturated heterocycles. The van der Waals surface area contributed by atoms with Gasteiger partial charge in [0.15, 0.2) is 0 Å². The molecule has 8 heteroatoms. The van der Waals surface area contributed by atoms with Crippen molar-refractivity contribution >= 4 is 34.2 Å². The van der Waals surface area contributed by atoms with Crippen LogP contribution in [0.3, 0.4) is 0 Å². The lowest BCUT2D eigenvalue weighted by Crippen LogP contribution is -2.33. The van der Waals surface area contributed by atoms with Gasteiger partial charge >= 0.3 is 0 Å². The molecular formula is C21H19Cl2NO5. The van der Waals surface area contributed by atoms with Crippen LogP contribution in [0.25, 0.3) is 22.3 Å². The monoisotopic (exact) mass is 435 g/mol. The van der Waals surface area contributed by atoms with Gasteiger partial charge < -0.3 is 24.6 Å². The Hall–Kier alpha value is -2.25. The molecule has 3 N–H and O–H groups in total. The van der Waals surface area contributed by atoms with Crippen molar-refractivity contribution in [1.82, 2.24) is 4.90 Å². The van der Waals surface area contributed by atoms with Crippen LogP contribution in [0.15, 0.2) is 39.5 Å². The molecule has 1 aliphatic rings. The van der Waals surface area contributed by atoms with Crippen LogP contribution in [0.2, 0.25) is 10.0 Å². The Morgan fingerprint density at radius 3 is 2.72 bits per heavy atom. The van der Waals surface area contributed by atoms with E-state index in [2.05, 4.69) is 0 Å². The molecule has 0 spiro atoms. The number of hydrogen-bond acceptors (Lipinski definition) is 6. The lowest BCUT2D eigenvalue weighted by molar-refractivity contribution is 0.172. The van der Waals surface area contributed by atoms with Crippen LogP contribution < -0.4 is 5.43 Å². The first-order chi connectivity index (χ1) is 13.8. The van der Waals surface area contributed by atoms with Gasteiger partial charge in [0.05, 0.1) is 16.7 Å². The van der Waals surface area contributed by atoms with Gasteiger partial charge in [-0.05, 0) is 32.1 Å². The number of likely N-dealkylation sites (tertiary alicyclic amines) is 1. The van der Waals surface area contributed by atoms with Crippen LogP contribution in [0.5, 0.6) is 11.5 Å². The summed E-state index contributed by atoms with van der Waals surface area (Å²) in [5.74, 6) is -0.712. The molecule has 29 heavy (non-hydrogen) atoms. The van der Waals surface area contributed by atoms with Gasteiger partial charge in [0.1, 0.15) is 28.2 Å². The van der Waals surface area contributed by atoms with Crippen LogP contribution in [0, 0.1) is 0 Å². The molecule has 0 saturated carbocycles. The molecule has 0 aliphatic carbocycles. The normalized spacial score (nSPS) is 19.9. The van der Waals surface area contributed by atoms with Gasteiger partial charge in [0.25, 0.3) is 0 Å². The summed E-state index contributed by atoms with van der Waals surface area (Å²) in [6.07, 6.45) is 0.627. The summed E-state index contributed by atoms with van der Waals surface area (Å²) >= 11 is 12.6. The summed E-state index contributed by atoms with van der Waals surface area (Å²) in [5, 5.41) is 30.6. The second-order valence-electron chi connectivity index (χ2n) is 7.24. The van der Waals surface area contributed by atoms with Crippen LogP contribution in [0.4, 0.5) is 0 Å². The molecule has 6 nitrogen and oxygen atoms in total. The topological polar surface area (TPSA) is 94.1 Å². The highest BCUT2D eigenvalue weighted by Crippen LogP contribution is 2.42. The van der Waals surface area contributed by atoms with E-state index in [1.807, 2.05) is 11.9 Å². The minimum absolute atomic E-state index is 0.0223. The van der Waals surface area contributed by atoms with E-state index in [1.54, 1.807) is 18.2 Å². The van der Waals surface area contributed by atoms with Gasteiger partial charge in [0, 0.05) is 35.2 Å². The number of aliphatic hydroxyl groups is 1. The van der Waals surface area contributed by atoms with Gasteiger partial charge in [-0.1, -0.05) is 29.3 Å². The number of fused-ring (bicyclic) bond motifs is 1. The third-order valence-electron chi connectivity index (χ3n) is 5.57. The van der Waals surface area contributed by atoms with Gasteiger partial charge in [-0.3, -0.25) is 4.79 Å². The molecule has 0 radical (unpaired) electrons. The zero-order valence-electron chi connectivity index (χ0n) is 15.5. The summed E-state index contributed by atoms with van der Waals surface area (Å²) < 4.78 is 6.03. The number of benzene rings is 2. The van der Waals surface area contributed by atoms with Crippen molar-refractivity contribution in [2.45, 2.75) is 18.4 Å². The average Bonchev–Trinajstić information content (AvgIpc) is 3.03. The van der Waals surface area contributed by atoms with E-state index >= 15 is 0 Å². The molecular weight excluding hydrogens is 417 g/mol. The predicted octanol–water partition coefficient (Wildman–Crippen LogP) is 3.96. The number of nitrogens with zero attached hydrogens (tertiary/aromatic N) is 1. The molecule has 0 amide bonds. The Bertz CT molecular complexity index is 1160. The summed E-state index contributed by atoms with van der Waals surface area (Å²) in [6.45, 7) is 0.556. The largest absolute Gasteiger partial charge is 0.508 e. The lowest BCUT2D eigenvalue weighted by Gasteiger charge is -2.24. The average molecular weight is 436 g/mol. The Labute approximate surface area is 176 Å². The van der Waals surface area contributed by atoms with Crippen molar-refractivity contribution in [2.24, 2.45) is 0 Å². The number of rotatable bonds is 3. The van der Waals surface area contributed by atoms with Gasteiger partial charge in [-0.2, -0.15) is 0 Å². The highest BCUT2D eigenvalue weighted by Gasteiger charge is 2.37. The number of phenols is 2. The van der Waals surface area contributed by atoms with Crippen LogP contribution in [-0.2, 0) is 0 Å². The maximum Gasteiger partial charge on any atom is 0.200 e. The van der Waals surface area contributed by atoms with Crippen LogP contribution in [-0.4, -0.2) is 46.5 Å². The molecule has 1 aliphatic heterocycles. The molecule has 3 aromatic rings. The number of hydrogen-bond donors (Lipinski definition) is 3. The standard InChI is InChI=1S/C21H19Cl2NO5/c1-24-6-5-11(14(24)9-25)17-20(28)18-15(27)7-10(26)8-16(18)29-21(17)12-3-2-4-13(22)19(12)23/h2-4,7-8,11,14,25-27H,5-6,9H2,1H3/t11-,14+/m1/s1. The first kappa shape index (κ1) is 20.0. The number of likely N-dealkylation sites (N-methyl/N-ethyl adjacent to an activating group) is 1. The van der Waals surface area contributed by atoms with Crippen LogP contribution in [0.1, 0.15) is 17.9 Å². The van der Waals surface area contributed by atoms with E-state index in [0.717, 1.165) is 6.07 Å². The minimum Gasteiger partial charge on any atom is -0.508 e. The Morgan fingerprint density at radius 2 is 2.00 bits per heavy atom. The zero-order chi connectivity index (χ0) is 20.9. The van der Waals surface area contributed by atoms with Crippen molar-refractivity contribution in [3.05, 3.63) is 56.2 Å². The van der Waals surface area contributed by atoms with E-state index in [9.17, 15) is 20.1 Å². The highest BCUT2D eigenvalue weighted by molar-refractivity contribution is 6.43. The molecule has 2 aromatic carbocycles. The van der Waals surface area contributed by atoms with Crippen molar-refractivity contribution in [2.75, 3.05) is 20.2 Å². The van der Waals surface area contributed by atoms with Crippen molar-refractivity contribution in [1.29, 1.82) is 0 Å². The van der Waals surface area contributed by atoms with Crippen molar-refractivity contribution in [3.63, 3.8) is 0 Å². The highest BCUT2D eigenvalue weighted by atomic mass is 35.5. The second kappa shape index (κ2) is 7.54. The smallest absolute Gasteiger partial charge is 0.200 e. The first-order valence-electron chi connectivity index (χ1n) is 9.11. The molecule has 1 aromatic heterocycles. The number of halogens is 2. The SMILES string of the molecule is CN1CC[C@@H](c2c(-c3cccc(Cl)c3Cl)oc3cc(O)cc(O)c3c2=O)[C@@H]1CO. The predicted molar refractivity (Wildman–Crippen MR) is 112 cm³/mol. The fourth-order valence-corrected chi connectivity index (χ4v) is 4.51. The van der Waals surface area contributed by atoms with Crippen LogP contribution >= 0.6 is 23.2 Å². The van der Waals surface area contributed by atoms with Crippen molar-refractivity contribution < 1.29 is 19.7 Å². The first-order valence-corrected chi connectivity index (χ1v) is 9.87. The number of aliphatic hydroxyl groups excluding tert-OH is 1. The van der Waals surface area contributed by atoms with Crippen molar-refractivity contribution in [3.8, 4) is 22.8 Å². The molecule has 0 bridgehead atoms. The van der Waals surface area contributed by atoms with Gasteiger partial charge in [-0.15, -0.1) is 0 Å². The molecule has 0 unspecified atom stereocenters. The fraction of sp³-hybridized carbons (Fsp3) is 0.286. The maximum absolute atomic E-state index is 13.5. The third-order valence-corrected chi connectivity index (χ3v) is 6.39. The summed E-state index contributed by atoms with van der Waals surface area (Å²) in [5.41, 5.74) is 0.371. The van der Waals surface area contributed by atoms with E-state index in [0.29, 0.717) is 29.1 Å². The van der Waals surface area contributed by atoms with E-state index < -0.39 is 5.43 Å². The maximum atomic E-state index is 13.5. The summed E-state index contributed by atoms with van der Waals surface area (Å²) in [4.78, 5) is 15.5. The van der Waals surface area contributed by atoms with Gasteiger partial charge in [0.2, 0.25) is 5.43 Å². The van der Waals surface area contributed by atoms with E-state index in [4.69, 9.17) is 27.6 Å². The molecule has 2 heterocycles.